The number of methoxy groups -OCH3 is 1. The van der Waals surface area contributed by atoms with E-state index in [1.54, 1.807) is 19.2 Å². The Hall–Kier alpha value is -2.53. The zero-order valence-electron chi connectivity index (χ0n) is 11.1. The van der Waals surface area contributed by atoms with E-state index < -0.39 is 5.97 Å². The van der Waals surface area contributed by atoms with E-state index in [9.17, 15) is 4.79 Å². The monoisotopic (exact) mass is 272 g/mol. The number of rotatable bonds is 5. The SMILES string of the molecule is COCc1ccccc1Nc1cccc(C(=O)O)c1N. The average molecular weight is 272 g/mol. The van der Waals surface area contributed by atoms with Gasteiger partial charge in [-0.05, 0) is 18.2 Å². The molecule has 5 heteroatoms. The van der Waals surface area contributed by atoms with Gasteiger partial charge >= 0.3 is 5.97 Å². The molecule has 0 aliphatic rings. The standard InChI is InChI=1S/C15H16N2O3/c1-20-9-10-5-2-3-7-12(10)17-13-8-4-6-11(14(13)16)15(18)19/h2-8,17H,9,16H2,1H3,(H,18,19). The summed E-state index contributed by atoms with van der Waals surface area (Å²) in [5.41, 5.74) is 8.55. The minimum Gasteiger partial charge on any atom is -0.478 e. The third-order valence-electron chi connectivity index (χ3n) is 2.92. The maximum Gasteiger partial charge on any atom is 0.337 e. The van der Waals surface area contributed by atoms with Crippen LogP contribution in [0.1, 0.15) is 15.9 Å². The number of aromatic carboxylic acids is 1. The fourth-order valence-electron chi connectivity index (χ4n) is 1.93. The van der Waals surface area contributed by atoms with Crippen LogP contribution in [0.2, 0.25) is 0 Å². The van der Waals surface area contributed by atoms with E-state index in [1.807, 2.05) is 24.3 Å². The number of ether oxygens (including phenoxy) is 1. The van der Waals surface area contributed by atoms with Crippen molar-refractivity contribution in [2.45, 2.75) is 6.61 Å². The van der Waals surface area contributed by atoms with Crippen molar-refractivity contribution in [1.82, 2.24) is 0 Å². The van der Waals surface area contributed by atoms with Gasteiger partial charge in [0.1, 0.15) is 0 Å². The first-order valence-corrected chi connectivity index (χ1v) is 6.09. The number of nitrogens with one attached hydrogen (secondary N) is 1. The molecule has 0 radical (unpaired) electrons. The molecule has 2 rings (SSSR count). The molecule has 0 saturated carbocycles. The van der Waals surface area contributed by atoms with Gasteiger partial charge in [-0.1, -0.05) is 24.3 Å². The topological polar surface area (TPSA) is 84.6 Å². The predicted octanol–water partition coefficient (Wildman–Crippen LogP) is 2.86. The molecule has 0 spiro atoms. The Morgan fingerprint density at radius 2 is 1.90 bits per heavy atom. The lowest BCUT2D eigenvalue weighted by Crippen LogP contribution is -2.06. The largest absolute Gasteiger partial charge is 0.478 e. The van der Waals surface area contributed by atoms with Crippen LogP contribution in [-0.4, -0.2) is 18.2 Å². The van der Waals surface area contributed by atoms with Crippen LogP contribution in [0.4, 0.5) is 17.1 Å². The molecule has 0 unspecified atom stereocenters. The number of hydrogen-bond donors (Lipinski definition) is 3. The van der Waals surface area contributed by atoms with Crippen molar-refractivity contribution in [3.8, 4) is 0 Å². The van der Waals surface area contributed by atoms with Crippen molar-refractivity contribution in [2.75, 3.05) is 18.2 Å². The highest BCUT2D eigenvalue weighted by molar-refractivity contribution is 5.97. The number of nitrogen functional groups attached to an aromatic ring is 1. The van der Waals surface area contributed by atoms with E-state index in [2.05, 4.69) is 5.32 Å². The van der Waals surface area contributed by atoms with E-state index >= 15 is 0 Å². The minimum atomic E-state index is -1.05. The van der Waals surface area contributed by atoms with Crippen molar-refractivity contribution in [2.24, 2.45) is 0 Å². The van der Waals surface area contributed by atoms with Crippen LogP contribution in [-0.2, 0) is 11.3 Å². The Morgan fingerprint density at radius 1 is 1.20 bits per heavy atom. The number of nitrogens with two attached hydrogens (primary N) is 1. The molecule has 2 aromatic carbocycles. The second kappa shape index (κ2) is 6.08. The summed E-state index contributed by atoms with van der Waals surface area (Å²) in [7, 11) is 1.62. The summed E-state index contributed by atoms with van der Waals surface area (Å²) in [6.45, 7) is 0.460. The number of para-hydroxylation sites is 2. The number of anilines is 3. The molecule has 5 nitrogen and oxygen atoms in total. The first kappa shape index (κ1) is 13.9. The van der Waals surface area contributed by atoms with Crippen LogP contribution in [0.5, 0.6) is 0 Å². The van der Waals surface area contributed by atoms with Crippen LogP contribution in [0, 0.1) is 0 Å². The number of carbonyl (C=O) groups is 1. The number of benzene rings is 2. The molecule has 0 aliphatic heterocycles. The van der Waals surface area contributed by atoms with Crippen LogP contribution < -0.4 is 11.1 Å². The third kappa shape index (κ3) is 2.89. The van der Waals surface area contributed by atoms with Gasteiger partial charge in [0, 0.05) is 18.4 Å². The van der Waals surface area contributed by atoms with Gasteiger partial charge in [0.05, 0.1) is 23.5 Å². The smallest absolute Gasteiger partial charge is 0.337 e. The Morgan fingerprint density at radius 3 is 2.60 bits per heavy atom. The number of carboxylic acid groups (broad SMARTS) is 1. The van der Waals surface area contributed by atoms with Crippen LogP contribution in [0.3, 0.4) is 0 Å². The lowest BCUT2D eigenvalue weighted by Gasteiger charge is -2.14. The second-order valence-electron chi connectivity index (χ2n) is 4.29. The van der Waals surface area contributed by atoms with Crippen molar-refractivity contribution >= 4 is 23.0 Å². The Bertz CT molecular complexity index is 626. The quantitative estimate of drug-likeness (QED) is 0.729. The fraction of sp³-hybridized carbons (Fsp3) is 0.133. The summed E-state index contributed by atoms with van der Waals surface area (Å²) in [5, 5.41) is 12.2. The van der Waals surface area contributed by atoms with Gasteiger partial charge in [-0.3, -0.25) is 0 Å². The lowest BCUT2D eigenvalue weighted by molar-refractivity contribution is 0.0698. The maximum absolute atomic E-state index is 11.1. The van der Waals surface area contributed by atoms with Gasteiger partial charge in [0.2, 0.25) is 0 Å². The van der Waals surface area contributed by atoms with Crippen LogP contribution in [0.15, 0.2) is 42.5 Å². The summed E-state index contributed by atoms with van der Waals surface area (Å²) >= 11 is 0. The Kier molecular flexibility index (Phi) is 4.22. The zero-order chi connectivity index (χ0) is 14.5. The summed E-state index contributed by atoms with van der Waals surface area (Å²) in [4.78, 5) is 11.1. The molecule has 0 atom stereocenters. The number of carboxylic acids is 1. The lowest BCUT2D eigenvalue weighted by atomic mass is 10.1. The third-order valence-corrected chi connectivity index (χ3v) is 2.92. The second-order valence-corrected chi connectivity index (χ2v) is 4.29. The average Bonchev–Trinajstić information content (AvgIpc) is 2.43. The van der Waals surface area contributed by atoms with E-state index in [-0.39, 0.29) is 11.3 Å². The van der Waals surface area contributed by atoms with Gasteiger partial charge in [-0.15, -0.1) is 0 Å². The molecular formula is C15H16N2O3. The van der Waals surface area contributed by atoms with Gasteiger partial charge in [-0.25, -0.2) is 4.79 Å². The molecular weight excluding hydrogens is 256 g/mol. The van der Waals surface area contributed by atoms with Crippen molar-refractivity contribution < 1.29 is 14.6 Å². The molecule has 0 amide bonds. The number of hydrogen-bond acceptors (Lipinski definition) is 4. The molecule has 4 N–H and O–H groups in total. The summed E-state index contributed by atoms with van der Waals surface area (Å²) in [6.07, 6.45) is 0. The molecule has 0 saturated heterocycles. The fourth-order valence-corrected chi connectivity index (χ4v) is 1.93. The van der Waals surface area contributed by atoms with Crippen molar-refractivity contribution in [3.05, 3.63) is 53.6 Å². The first-order valence-electron chi connectivity index (χ1n) is 6.09. The normalized spacial score (nSPS) is 10.2. The highest BCUT2D eigenvalue weighted by Crippen LogP contribution is 2.28. The molecule has 0 heterocycles. The van der Waals surface area contributed by atoms with Gasteiger partial charge in [0.25, 0.3) is 0 Å². The first-order chi connectivity index (χ1) is 9.63. The molecule has 20 heavy (non-hydrogen) atoms. The van der Waals surface area contributed by atoms with E-state index in [4.69, 9.17) is 15.6 Å². The summed E-state index contributed by atoms with van der Waals surface area (Å²) in [5.74, 6) is -1.05. The molecule has 0 aromatic heterocycles. The van der Waals surface area contributed by atoms with Crippen LogP contribution in [0.25, 0.3) is 0 Å². The molecule has 104 valence electrons. The molecule has 0 bridgehead atoms. The van der Waals surface area contributed by atoms with E-state index in [0.29, 0.717) is 12.3 Å². The minimum absolute atomic E-state index is 0.0826. The summed E-state index contributed by atoms with van der Waals surface area (Å²) < 4.78 is 5.13. The van der Waals surface area contributed by atoms with Gasteiger partial charge in [0.15, 0.2) is 0 Å². The van der Waals surface area contributed by atoms with Gasteiger partial charge < -0.3 is 20.9 Å². The van der Waals surface area contributed by atoms with Crippen molar-refractivity contribution in [3.63, 3.8) is 0 Å². The van der Waals surface area contributed by atoms with Crippen molar-refractivity contribution in [1.29, 1.82) is 0 Å². The molecule has 0 fully saturated rings. The molecule has 2 aromatic rings. The van der Waals surface area contributed by atoms with E-state index in [0.717, 1.165) is 11.3 Å². The molecule has 0 aliphatic carbocycles. The van der Waals surface area contributed by atoms with Crippen LogP contribution >= 0.6 is 0 Å². The highest BCUT2D eigenvalue weighted by atomic mass is 16.5. The zero-order valence-corrected chi connectivity index (χ0v) is 11.1. The summed E-state index contributed by atoms with van der Waals surface area (Å²) in [6, 6.07) is 12.5. The van der Waals surface area contributed by atoms with Gasteiger partial charge in [-0.2, -0.15) is 0 Å². The Labute approximate surface area is 117 Å². The maximum atomic E-state index is 11.1. The Balaban J connectivity index is 2.35. The van der Waals surface area contributed by atoms with E-state index in [1.165, 1.54) is 6.07 Å². The highest BCUT2D eigenvalue weighted by Gasteiger charge is 2.11. The predicted molar refractivity (Wildman–Crippen MR) is 78.3 cm³/mol.